The summed E-state index contributed by atoms with van der Waals surface area (Å²) < 4.78 is 19.7. The summed E-state index contributed by atoms with van der Waals surface area (Å²) in [6.07, 6.45) is 0. The van der Waals surface area contributed by atoms with E-state index in [0.717, 1.165) is 31.9 Å². The fourth-order valence-corrected chi connectivity index (χ4v) is 4.35. The molecule has 7 nitrogen and oxygen atoms in total. The van der Waals surface area contributed by atoms with Crippen LogP contribution in [0.1, 0.15) is 26.3 Å². The van der Waals surface area contributed by atoms with Crippen LogP contribution >= 0.6 is 11.6 Å². The lowest BCUT2D eigenvalue weighted by Gasteiger charge is -2.36. The monoisotopic (exact) mass is 510 g/mol. The summed E-state index contributed by atoms with van der Waals surface area (Å²) in [6, 6.07) is 15.1. The number of nitrogen functional groups attached to an aromatic ring is 1. The second kappa shape index (κ2) is 10.6. The largest absolute Gasteiger partial charge is 0.423 e. The number of likely N-dealkylation sites (N-methyl/N-ethyl adjacent to an activating group) is 1. The maximum Gasteiger partial charge on any atom is 0.343 e. The molecule has 1 heterocycles. The Bertz CT molecular complexity index is 1290. The first kappa shape index (κ1) is 25.5. The summed E-state index contributed by atoms with van der Waals surface area (Å²) in [5.74, 6) is -1.25. The van der Waals surface area contributed by atoms with E-state index >= 15 is 0 Å². The lowest BCUT2D eigenvalue weighted by atomic mass is 10.1. The van der Waals surface area contributed by atoms with Crippen LogP contribution in [0.2, 0.25) is 5.02 Å². The predicted molar refractivity (Wildman–Crippen MR) is 141 cm³/mol. The van der Waals surface area contributed by atoms with Crippen molar-refractivity contribution in [2.24, 2.45) is 0 Å². The maximum atomic E-state index is 14.2. The molecule has 1 saturated heterocycles. The van der Waals surface area contributed by atoms with Gasteiger partial charge >= 0.3 is 5.97 Å². The van der Waals surface area contributed by atoms with Gasteiger partial charge in [-0.25, -0.2) is 9.18 Å². The second-order valence-corrected chi connectivity index (χ2v) is 9.20. The van der Waals surface area contributed by atoms with Crippen LogP contribution in [0.25, 0.3) is 0 Å². The van der Waals surface area contributed by atoms with Gasteiger partial charge in [0.05, 0.1) is 33.2 Å². The highest BCUT2D eigenvalue weighted by Crippen LogP contribution is 2.34. The Morgan fingerprint density at radius 1 is 1.06 bits per heavy atom. The number of carbonyl (C=O) groups is 2. The first-order chi connectivity index (χ1) is 17.2. The summed E-state index contributed by atoms with van der Waals surface area (Å²) in [5, 5.41) is -0.000612. The molecule has 0 aromatic heterocycles. The number of amides is 1. The van der Waals surface area contributed by atoms with Crippen molar-refractivity contribution in [1.82, 2.24) is 4.90 Å². The Morgan fingerprint density at radius 3 is 2.39 bits per heavy atom. The normalized spacial score (nSPS) is 14.0. The van der Waals surface area contributed by atoms with Crippen LogP contribution in [0.5, 0.6) is 5.75 Å². The van der Waals surface area contributed by atoms with Gasteiger partial charge < -0.3 is 25.2 Å². The molecule has 2 N–H and O–H groups in total. The molecule has 36 heavy (non-hydrogen) atoms. The molecule has 1 fully saturated rings. The molecular formula is C27H28ClFN4O3. The van der Waals surface area contributed by atoms with Crippen molar-refractivity contribution in [1.29, 1.82) is 0 Å². The molecule has 3 aromatic carbocycles. The number of carbonyl (C=O) groups excluding carboxylic acids is 2. The van der Waals surface area contributed by atoms with Gasteiger partial charge in [-0.3, -0.25) is 4.79 Å². The van der Waals surface area contributed by atoms with Crippen LogP contribution < -0.4 is 20.3 Å². The minimum absolute atomic E-state index is 0.000612. The van der Waals surface area contributed by atoms with Crippen molar-refractivity contribution >= 4 is 40.5 Å². The Kier molecular flexibility index (Phi) is 7.47. The number of hydrogen-bond donors (Lipinski definition) is 1. The minimum atomic E-state index is -0.650. The number of esters is 1. The van der Waals surface area contributed by atoms with Gasteiger partial charge in [0.1, 0.15) is 5.75 Å². The number of hydrogen-bond acceptors (Lipinski definition) is 6. The molecule has 1 amide bonds. The van der Waals surface area contributed by atoms with E-state index in [4.69, 9.17) is 22.1 Å². The van der Waals surface area contributed by atoms with E-state index in [2.05, 4.69) is 16.8 Å². The van der Waals surface area contributed by atoms with Crippen molar-refractivity contribution in [3.63, 3.8) is 0 Å². The second-order valence-electron chi connectivity index (χ2n) is 8.83. The first-order valence-electron chi connectivity index (χ1n) is 11.5. The number of ether oxygens (including phenoxy) is 1. The average molecular weight is 511 g/mol. The molecule has 0 saturated carbocycles. The number of benzene rings is 3. The molecule has 4 rings (SSSR count). The SMILES string of the molecule is Cc1c(F)c(N)cc(C(=O)N(C)c2cc(C(=O)Oc3ccccc3)ccc2N2CCN(C)CC2)c1Cl. The zero-order chi connectivity index (χ0) is 26.0. The predicted octanol–water partition coefficient (Wildman–Crippen LogP) is 4.62. The third-order valence-corrected chi connectivity index (χ3v) is 6.84. The summed E-state index contributed by atoms with van der Waals surface area (Å²) in [7, 11) is 3.65. The zero-order valence-corrected chi connectivity index (χ0v) is 21.2. The van der Waals surface area contributed by atoms with Crippen LogP contribution in [0, 0.1) is 12.7 Å². The van der Waals surface area contributed by atoms with E-state index in [1.165, 1.54) is 17.9 Å². The molecule has 0 aliphatic carbocycles. The Balaban J connectivity index is 1.73. The highest BCUT2D eigenvalue weighted by molar-refractivity contribution is 6.35. The Hall–Kier alpha value is -3.62. The Morgan fingerprint density at radius 2 is 1.72 bits per heavy atom. The van der Waals surface area contributed by atoms with Crippen molar-refractivity contribution in [3.05, 3.63) is 82.1 Å². The fraction of sp³-hybridized carbons (Fsp3) is 0.259. The molecule has 3 aromatic rings. The quantitative estimate of drug-likeness (QED) is 0.306. The van der Waals surface area contributed by atoms with E-state index in [9.17, 15) is 14.0 Å². The third-order valence-electron chi connectivity index (χ3n) is 6.35. The number of halogens is 2. The summed E-state index contributed by atoms with van der Waals surface area (Å²) in [6.45, 7) is 4.69. The van der Waals surface area contributed by atoms with Gasteiger partial charge in [-0.2, -0.15) is 0 Å². The number of piperazine rings is 1. The van der Waals surface area contributed by atoms with E-state index in [0.29, 0.717) is 11.4 Å². The molecule has 0 radical (unpaired) electrons. The Labute approximate surface area is 214 Å². The van der Waals surface area contributed by atoms with Gasteiger partial charge in [-0.15, -0.1) is 0 Å². The molecular weight excluding hydrogens is 483 g/mol. The van der Waals surface area contributed by atoms with Crippen LogP contribution in [0.3, 0.4) is 0 Å². The maximum absolute atomic E-state index is 14.2. The van der Waals surface area contributed by atoms with E-state index in [1.807, 2.05) is 12.1 Å². The van der Waals surface area contributed by atoms with Gasteiger partial charge in [0, 0.05) is 38.8 Å². The molecule has 0 spiro atoms. The van der Waals surface area contributed by atoms with Crippen LogP contribution in [-0.4, -0.2) is 57.1 Å². The first-order valence-corrected chi connectivity index (χ1v) is 11.9. The lowest BCUT2D eigenvalue weighted by molar-refractivity contribution is 0.0734. The lowest BCUT2D eigenvalue weighted by Crippen LogP contribution is -2.45. The standard InChI is InChI=1S/C27H28ClFN4O3/c1-17-24(28)20(16-21(30)25(17)29)26(34)32(3)23-15-18(27(35)36-19-7-5-4-6-8-19)9-10-22(23)33-13-11-31(2)12-14-33/h4-10,15-16H,11-14,30H2,1-3H3. The summed E-state index contributed by atoms with van der Waals surface area (Å²) in [5.41, 5.74) is 7.39. The van der Waals surface area contributed by atoms with E-state index in [1.54, 1.807) is 43.4 Å². The summed E-state index contributed by atoms with van der Waals surface area (Å²) in [4.78, 5) is 32.3. The van der Waals surface area contributed by atoms with E-state index in [-0.39, 0.29) is 27.4 Å². The average Bonchev–Trinajstić information content (AvgIpc) is 2.89. The van der Waals surface area contributed by atoms with Crippen molar-refractivity contribution in [2.75, 3.05) is 55.8 Å². The topological polar surface area (TPSA) is 79.1 Å². The molecule has 0 unspecified atom stereocenters. The van der Waals surface area contributed by atoms with Gasteiger partial charge in [-0.1, -0.05) is 29.8 Å². The van der Waals surface area contributed by atoms with Crippen LogP contribution in [-0.2, 0) is 0 Å². The molecule has 0 bridgehead atoms. The van der Waals surface area contributed by atoms with Gasteiger partial charge in [0.15, 0.2) is 5.82 Å². The minimum Gasteiger partial charge on any atom is -0.423 e. The molecule has 188 valence electrons. The smallest absolute Gasteiger partial charge is 0.343 e. The third kappa shape index (κ3) is 5.15. The molecule has 1 aliphatic rings. The molecule has 0 atom stereocenters. The van der Waals surface area contributed by atoms with Crippen molar-refractivity contribution in [3.8, 4) is 5.75 Å². The fourth-order valence-electron chi connectivity index (χ4n) is 4.13. The highest BCUT2D eigenvalue weighted by Gasteiger charge is 2.26. The number of nitrogens with zero attached hydrogens (tertiary/aromatic N) is 3. The number of nitrogens with two attached hydrogens (primary N) is 1. The molecule has 9 heteroatoms. The van der Waals surface area contributed by atoms with Crippen molar-refractivity contribution in [2.45, 2.75) is 6.92 Å². The highest BCUT2D eigenvalue weighted by atomic mass is 35.5. The molecule has 1 aliphatic heterocycles. The van der Waals surface area contributed by atoms with Crippen LogP contribution in [0.4, 0.5) is 21.5 Å². The zero-order valence-electron chi connectivity index (χ0n) is 20.4. The van der Waals surface area contributed by atoms with Gasteiger partial charge in [-0.05, 0) is 50.4 Å². The number of para-hydroxylation sites is 1. The van der Waals surface area contributed by atoms with Crippen LogP contribution in [0.15, 0.2) is 54.6 Å². The number of anilines is 3. The van der Waals surface area contributed by atoms with Crippen molar-refractivity contribution < 1.29 is 18.7 Å². The summed E-state index contributed by atoms with van der Waals surface area (Å²) >= 11 is 6.34. The van der Waals surface area contributed by atoms with Gasteiger partial charge in [0.2, 0.25) is 0 Å². The van der Waals surface area contributed by atoms with Gasteiger partial charge in [0.25, 0.3) is 5.91 Å². The number of rotatable bonds is 5. The van der Waals surface area contributed by atoms with E-state index < -0.39 is 17.7 Å².